The average Bonchev–Trinajstić information content (AvgIpc) is 1.83. The lowest BCUT2D eigenvalue weighted by Gasteiger charge is -2.45. The standard InChI is InChI=1S/C11H23N/c1-9-6-7-12(10(2)8-9)11(3,4)5/h9-10H,6-8H2,1-5H3/t9-,10-/m0/s1. The van der Waals surface area contributed by atoms with Gasteiger partial charge in [-0.1, -0.05) is 6.92 Å². The van der Waals surface area contributed by atoms with E-state index in [1.807, 2.05) is 0 Å². The average molecular weight is 169 g/mol. The highest BCUT2D eigenvalue weighted by molar-refractivity contribution is 4.85. The second kappa shape index (κ2) is 3.37. The van der Waals surface area contributed by atoms with Gasteiger partial charge in [0, 0.05) is 11.6 Å². The first kappa shape index (κ1) is 10.0. The summed E-state index contributed by atoms with van der Waals surface area (Å²) in [4.78, 5) is 2.63. The molecule has 0 aromatic carbocycles. The molecule has 0 saturated carbocycles. The van der Waals surface area contributed by atoms with Gasteiger partial charge in [0.1, 0.15) is 0 Å². The molecule has 1 fully saturated rings. The molecule has 12 heavy (non-hydrogen) atoms. The molecule has 0 spiro atoms. The topological polar surface area (TPSA) is 3.24 Å². The number of piperidine rings is 1. The van der Waals surface area contributed by atoms with E-state index < -0.39 is 0 Å². The minimum atomic E-state index is 0.361. The van der Waals surface area contributed by atoms with E-state index >= 15 is 0 Å². The van der Waals surface area contributed by atoms with Crippen LogP contribution in [0.2, 0.25) is 0 Å². The zero-order valence-electron chi connectivity index (χ0n) is 9.22. The van der Waals surface area contributed by atoms with E-state index in [9.17, 15) is 0 Å². The third-order valence-corrected chi connectivity index (χ3v) is 3.00. The molecule has 0 amide bonds. The second-order valence-corrected chi connectivity index (χ2v) is 5.34. The Balaban J connectivity index is 2.57. The van der Waals surface area contributed by atoms with Crippen LogP contribution in [0.1, 0.15) is 47.5 Å². The third kappa shape index (κ3) is 2.22. The molecule has 0 radical (unpaired) electrons. The molecular formula is C11H23N. The molecule has 0 aromatic heterocycles. The molecule has 0 N–H and O–H groups in total. The minimum absolute atomic E-state index is 0.361. The largest absolute Gasteiger partial charge is 0.296 e. The van der Waals surface area contributed by atoms with Gasteiger partial charge in [-0.15, -0.1) is 0 Å². The Bertz CT molecular complexity index is 146. The van der Waals surface area contributed by atoms with Crippen molar-refractivity contribution in [2.24, 2.45) is 5.92 Å². The first-order valence-corrected chi connectivity index (χ1v) is 5.18. The molecule has 1 heteroatoms. The van der Waals surface area contributed by atoms with Crippen molar-refractivity contribution in [1.29, 1.82) is 0 Å². The number of nitrogens with zero attached hydrogens (tertiary/aromatic N) is 1. The Morgan fingerprint density at radius 1 is 1.17 bits per heavy atom. The zero-order valence-corrected chi connectivity index (χ0v) is 9.22. The van der Waals surface area contributed by atoms with Crippen LogP contribution in [-0.4, -0.2) is 23.0 Å². The minimum Gasteiger partial charge on any atom is -0.296 e. The van der Waals surface area contributed by atoms with Gasteiger partial charge in [-0.3, -0.25) is 4.90 Å². The quantitative estimate of drug-likeness (QED) is 0.539. The Morgan fingerprint density at radius 2 is 1.75 bits per heavy atom. The fourth-order valence-corrected chi connectivity index (χ4v) is 2.40. The van der Waals surface area contributed by atoms with Crippen LogP contribution >= 0.6 is 0 Å². The summed E-state index contributed by atoms with van der Waals surface area (Å²) >= 11 is 0. The molecule has 1 nitrogen and oxygen atoms in total. The van der Waals surface area contributed by atoms with E-state index in [0.717, 1.165) is 12.0 Å². The van der Waals surface area contributed by atoms with Gasteiger partial charge in [-0.25, -0.2) is 0 Å². The van der Waals surface area contributed by atoms with E-state index in [-0.39, 0.29) is 0 Å². The van der Waals surface area contributed by atoms with Crippen molar-refractivity contribution in [3.05, 3.63) is 0 Å². The van der Waals surface area contributed by atoms with Crippen LogP contribution in [0, 0.1) is 5.92 Å². The molecule has 1 aliphatic heterocycles. The first-order chi connectivity index (χ1) is 5.41. The highest BCUT2D eigenvalue weighted by Gasteiger charge is 2.30. The highest BCUT2D eigenvalue weighted by Crippen LogP contribution is 2.28. The summed E-state index contributed by atoms with van der Waals surface area (Å²) in [6.45, 7) is 13.0. The Morgan fingerprint density at radius 3 is 2.17 bits per heavy atom. The van der Waals surface area contributed by atoms with Crippen LogP contribution in [0.25, 0.3) is 0 Å². The van der Waals surface area contributed by atoms with Crippen molar-refractivity contribution in [2.45, 2.75) is 59.0 Å². The molecule has 0 aromatic rings. The first-order valence-electron chi connectivity index (χ1n) is 5.18. The molecule has 1 aliphatic rings. The maximum Gasteiger partial charge on any atom is 0.0127 e. The van der Waals surface area contributed by atoms with Gasteiger partial charge in [0.15, 0.2) is 0 Å². The van der Waals surface area contributed by atoms with Gasteiger partial charge in [0.05, 0.1) is 0 Å². The number of likely N-dealkylation sites (tertiary alicyclic amines) is 1. The summed E-state index contributed by atoms with van der Waals surface area (Å²) in [6, 6.07) is 0.772. The maximum atomic E-state index is 2.63. The predicted octanol–water partition coefficient (Wildman–Crippen LogP) is 2.91. The summed E-state index contributed by atoms with van der Waals surface area (Å²) in [5, 5.41) is 0. The van der Waals surface area contributed by atoms with Crippen LogP contribution < -0.4 is 0 Å². The van der Waals surface area contributed by atoms with Crippen LogP contribution in [0.15, 0.2) is 0 Å². The van der Waals surface area contributed by atoms with Crippen LogP contribution in [-0.2, 0) is 0 Å². The van der Waals surface area contributed by atoms with Gasteiger partial charge in [-0.05, 0) is 53.0 Å². The number of hydrogen-bond donors (Lipinski definition) is 0. The summed E-state index contributed by atoms with van der Waals surface area (Å²) in [7, 11) is 0. The fraction of sp³-hybridized carbons (Fsp3) is 1.00. The van der Waals surface area contributed by atoms with Gasteiger partial charge >= 0.3 is 0 Å². The molecule has 0 aliphatic carbocycles. The van der Waals surface area contributed by atoms with Gasteiger partial charge in [-0.2, -0.15) is 0 Å². The lowest BCUT2D eigenvalue weighted by molar-refractivity contribution is 0.0426. The van der Waals surface area contributed by atoms with Crippen molar-refractivity contribution >= 4 is 0 Å². The van der Waals surface area contributed by atoms with Crippen LogP contribution in [0.3, 0.4) is 0 Å². The number of rotatable bonds is 0. The Labute approximate surface area is 77.1 Å². The Hall–Kier alpha value is -0.0400. The highest BCUT2D eigenvalue weighted by atomic mass is 15.2. The van der Waals surface area contributed by atoms with Gasteiger partial charge in [0.2, 0.25) is 0 Å². The molecular weight excluding hydrogens is 146 g/mol. The SMILES string of the molecule is C[C@H]1CCN(C(C)(C)C)[C@@H](C)C1. The predicted molar refractivity (Wildman–Crippen MR) is 54.3 cm³/mol. The van der Waals surface area contributed by atoms with Crippen LogP contribution in [0.5, 0.6) is 0 Å². The van der Waals surface area contributed by atoms with Crippen molar-refractivity contribution in [3.8, 4) is 0 Å². The van der Waals surface area contributed by atoms with Crippen LogP contribution in [0.4, 0.5) is 0 Å². The number of hydrogen-bond acceptors (Lipinski definition) is 1. The lowest BCUT2D eigenvalue weighted by Crippen LogP contribution is -2.50. The van der Waals surface area contributed by atoms with Gasteiger partial charge in [0.25, 0.3) is 0 Å². The van der Waals surface area contributed by atoms with E-state index in [0.29, 0.717) is 5.54 Å². The Kier molecular flexibility index (Phi) is 2.82. The summed E-state index contributed by atoms with van der Waals surface area (Å²) in [5.74, 6) is 0.929. The molecule has 0 unspecified atom stereocenters. The molecule has 2 atom stereocenters. The van der Waals surface area contributed by atoms with Crippen molar-refractivity contribution in [2.75, 3.05) is 6.54 Å². The smallest absolute Gasteiger partial charge is 0.0127 e. The summed E-state index contributed by atoms with van der Waals surface area (Å²) in [5.41, 5.74) is 0.361. The maximum absolute atomic E-state index is 2.63. The van der Waals surface area contributed by atoms with Gasteiger partial charge < -0.3 is 0 Å². The van der Waals surface area contributed by atoms with Crippen molar-refractivity contribution < 1.29 is 0 Å². The molecule has 1 saturated heterocycles. The van der Waals surface area contributed by atoms with E-state index in [1.165, 1.54) is 19.4 Å². The second-order valence-electron chi connectivity index (χ2n) is 5.34. The summed E-state index contributed by atoms with van der Waals surface area (Å²) in [6.07, 6.45) is 2.75. The van der Waals surface area contributed by atoms with E-state index in [4.69, 9.17) is 0 Å². The zero-order chi connectivity index (χ0) is 9.35. The third-order valence-electron chi connectivity index (χ3n) is 3.00. The normalized spacial score (nSPS) is 33.8. The molecule has 1 heterocycles. The van der Waals surface area contributed by atoms with E-state index in [2.05, 4.69) is 39.5 Å². The summed E-state index contributed by atoms with van der Waals surface area (Å²) < 4.78 is 0. The lowest BCUT2D eigenvalue weighted by atomic mass is 9.89. The molecule has 0 bridgehead atoms. The van der Waals surface area contributed by atoms with E-state index in [1.54, 1.807) is 0 Å². The van der Waals surface area contributed by atoms with Crippen molar-refractivity contribution in [1.82, 2.24) is 4.90 Å². The molecule has 1 rings (SSSR count). The molecule has 72 valence electrons. The van der Waals surface area contributed by atoms with Crippen molar-refractivity contribution in [3.63, 3.8) is 0 Å². The fourth-order valence-electron chi connectivity index (χ4n) is 2.40. The monoisotopic (exact) mass is 169 g/mol.